The van der Waals surface area contributed by atoms with Crippen molar-refractivity contribution in [2.45, 2.75) is 17.3 Å². The predicted molar refractivity (Wildman–Crippen MR) is 79.7 cm³/mol. The fraction of sp³-hybridized carbons (Fsp3) is 0.286. The van der Waals surface area contributed by atoms with Gasteiger partial charge in [-0.2, -0.15) is 0 Å². The number of benzene rings is 1. The highest BCUT2D eigenvalue weighted by Gasteiger charge is 2.59. The molecule has 1 aromatic carbocycles. The first kappa shape index (κ1) is 16.4. The normalized spacial score (nSPS) is 25.8. The van der Waals surface area contributed by atoms with Gasteiger partial charge in [-0.1, -0.05) is 0 Å². The predicted octanol–water partition coefficient (Wildman–Crippen LogP) is 0.504. The molecule has 0 aromatic heterocycles. The van der Waals surface area contributed by atoms with E-state index in [1.165, 1.54) is 6.07 Å². The molecule has 3 N–H and O–H groups in total. The van der Waals surface area contributed by atoms with Gasteiger partial charge in [0.2, 0.25) is 5.91 Å². The number of nitrogens with one attached hydrogen (secondary N) is 1. The van der Waals surface area contributed by atoms with E-state index in [1.54, 1.807) is 0 Å². The lowest BCUT2D eigenvalue weighted by Crippen LogP contribution is -2.48. The maximum atomic E-state index is 13.5. The zero-order valence-corrected chi connectivity index (χ0v) is 12.8. The summed E-state index contributed by atoms with van der Waals surface area (Å²) in [5.74, 6) is -3.75. The quantitative estimate of drug-likeness (QED) is 0.719. The van der Waals surface area contributed by atoms with E-state index in [0.29, 0.717) is 16.7 Å². The molecule has 24 heavy (non-hydrogen) atoms. The summed E-state index contributed by atoms with van der Waals surface area (Å²) in [5.41, 5.74) is -2.40. The van der Waals surface area contributed by atoms with Crippen molar-refractivity contribution >= 4 is 40.5 Å². The van der Waals surface area contributed by atoms with Crippen molar-refractivity contribution in [3.8, 4) is 0 Å². The summed E-state index contributed by atoms with van der Waals surface area (Å²) < 4.78 is 13.5. The maximum absolute atomic E-state index is 13.5. The molecule has 0 bridgehead atoms. The molecule has 126 valence electrons. The third-order valence-corrected chi connectivity index (χ3v) is 5.05. The molecular weight excluding hydrogens is 343 g/mol. The van der Waals surface area contributed by atoms with Crippen molar-refractivity contribution in [2.24, 2.45) is 0 Å². The number of aliphatic hydroxyl groups is 1. The van der Waals surface area contributed by atoms with Gasteiger partial charge < -0.3 is 15.5 Å². The Morgan fingerprint density at radius 2 is 2.08 bits per heavy atom. The molecule has 0 spiro atoms. The van der Waals surface area contributed by atoms with Gasteiger partial charge in [0.05, 0.1) is 6.42 Å². The number of carbonyl (C=O) groups is 4. The Kier molecular flexibility index (Phi) is 3.80. The van der Waals surface area contributed by atoms with Crippen LogP contribution in [0.4, 0.5) is 14.9 Å². The fourth-order valence-electron chi connectivity index (χ4n) is 2.66. The number of hydrogen-bond donors (Lipinski definition) is 3. The van der Waals surface area contributed by atoms with Crippen molar-refractivity contribution < 1.29 is 33.8 Å². The van der Waals surface area contributed by atoms with Crippen molar-refractivity contribution in [1.29, 1.82) is 0 Å². The molecule has 3 rings (SSSR count). The van der Waals surface area contributed by atoms with Gasteiger partial charge in [-0.25, -0.2) is 4.39 Å². The highest BCUT2D eigenvalue weighted by Crippen LogP contribution is 2.46. The van der Waals surface area contributed by atoms with Crippen LogP contribution in [0.15, 0.2) is 18.2 Å². The smallest absolute Gasteiger partial charge is 0.305 e. The van der Waals surface area contributed by atoms with Crippen molar-refractivity contribution in [3.63, 3.8) is 0 Å². The average Bonchev–Trinajstić information content (AvgIpc) is 2.93. The van der Waals surface area contributed by atoms with E-state index in [9.17, 15) is 28.7 Å². The first-order chi connectivity index (χ1) is 11.2. The van der Waals surface area contributed by atoms with Crippen LogP contribution in [0.25, 0.3) is 0 Å². The van der Waals surface area contributed by atoms with E-state index in [0.717, 1.165) is 12.1 Å². The number of thioether (sulfide) groups is 1. The number of aliphatic carboxylic acids is 1. The summed E-state index contributed by atoms with van der Waals surface area (Å²) in [6.45, 7) is -0.371. The molecular formula is C14H11FN2O6S. The Balaban J connectivity index is 1.96. The van der Waals surface area contributed by atoms with E-state index in [-0.39, 0.29) is 17.8 Å². The molecule has 0 saturated carbocycles. The standard InChI is InChI=1S/C14H11FN2O6S/c15-6-1-2-8-7(5-6)14(23,12(21)16-8)10-11(20)17(13(22)24-10)4-3-9(18)19/h1-2,5,10,23H,3-4H2,(H,16,21)(H,18,19). The third-order valence-electron chi connectivity index (χ3n) is 3.84. The van der Waals surface area contributed by atoms with Crippen LogP contribution in [0.5, 0.6) is 0 Å². The molecule has 2 unspecified atom stereocenters. The molecule has 1 fully saturated rings. The molecule has 0 radical (unpaired) electrons. The number of halogens is 1. The zero-order chi connectivity index (χ0) is 17.6. The summed E-state index contributed by atoms with van der Waals surface area (Å²) in [6.07, 6.45) is -0.458. The monoisotopic (exact) mass is 354 g/mol. The number of amides is 3. The molecule has 2 heterocycles. The van der Waals surface area contributed by atoms with E-state index in [2.05, 4.69) is 5.32 Å². The van der Waals surface area contributed by atoms with Crippen molar-refractivity contribution in [3.05, 3.63) is 29.6 Å². The van der Waals surface area contributed by atoms with Gasteiger partial charge in [0.15, 0.2) is 5.60 Å². The van der Waals surface area contributed by atoms with Crippen LogP contribution in [0.1, 0.15) is 12.0 Å². The lowest BCUT2D eigenvalue weighted by molar-refractivity contribution is -0.143. The average molecular weight is 354 g/mol. The maximum Gasteiger partial charge on any atom is 0.305 e. The van der Waals surface area contributed by atoms with Crippen LogP contribution in [0, 0.1) is 5.82 Å². The number of rotatable bonds is 4. The number of carboxylic acids is 1. The number of carboxylic acid groups (broad SMARTS) is 1. The van der Waals surface area contributed by atoms with Crippen LogP contribution in [-0.4, -0.2) is 49.9 Å². The van der Waals surface area contributed by atoms with Gasteiger partial charge >= 0.3 is 5.97 Å². The number of fused-ring (bicyclic) bond motifs is 1. The molecule has 2 aliphatic heterocycles. The molecule has 1 aromatic rings. The lowest BCUT2D eigenvalue weighted by Gasteiger charge is -2.25. The van der Waals surface area contributed by atoms with E-state index < -0.39 is 46.1 Å². The van der Waals surface area contributed by atoms with E-state index in [1.807, 2.05) is 0 Å². The minimum atomic E-state index is -2.41. The van der Waals surface area contributed by atoms with Gasteiger partial charge in [0.1, 0.15) is 11.1 Å². The number of anilines is 1. The number of carbonyl (C=O) groups excluding carboxylic acids is 3. The first-order valence-corrected chi connectivity index (χ1v) is 7.70. The highest BCUT2D eigenvalue weighted by atomic mass is 32.2. The summed E-state index contributed by atoms with van der Waals surface area (Å²) in [6, 6.07) is 3.25. The molecule has 8 nitrogen and oxygen atoms in total. The third kappa shape index (κ3) is 2.34. The van der Waals surface area contributed by atoms with Gasteiger partial charge in [0, 0.05) is 17.8 Å². The van der Waals surface area contributed by atoms with Crippen LogP contribution >= 0.6 is 11.8 Å². The fourth-order valence-corrected chi connectivity index (χ4v) is 3.80. The van der Waals surface area contributed by atoms with Crippen molar-refractivity contribution in [2.75, 3.05) is 11.9 Å². The second-order valence-corrected chi connectivity index (χ2v) is 6.36. The van der Waals surface area contributed by atoms with Crippen LogP contribution in [0.3, 0.4) is 0 Å². The van der Waals surface area contributed by atoms with Crippen molar-refractivity contribution in [1.82, 2.24) is 4.90 Å². The number of nitrogens with zero attached hydrogens (tertiary/aromatic N) is 1. The molecule has 3 amide bonds. The zero-order valence-electron chi connectivity index (χ0n) is 12.0. The Labute approximate surface area is 138 Å². The minimum Gasteiger partial charge on any atom is -0.481 e. The number of imide groups is 1. The Bertz CT molecular complexity index is 785. The molecule has 2 atom stereocenters. The highest BCUT2D eigenvalue weighted by molar-refractivity contribution is 8.15. The number of hydrogen-bond acceptors (Lipinski definition) is 6. The first-order valence-electron chi connectivity index (χ1n) is 6.82. The Morgan fingerprint density at radius 1 is 1.38 bits per heavy atom. The van der Waals surface area contributed by atoms with Crippen LogP contribution < -0.4 is 5.32 Å². The second kappa shape index (κ2) is 5.56. The Morgan fingerprint density at radius 3 is 2.75 bits per heavy atom. The second-order valence-electron chi connectivity index (χ2n) is 5.31. The minimum absolute atomic E-state index is 0.133. The van der Waals surface area contributed by atoms with Gasteiger partial charge in [-0.15, -0.1) is 0 Å². The van der Waals surface area contributed by atoms with E-state index in [4.69, 9.17) is 5.11 Å². The molecule has 0 aliphatic carbocycles. The molecule has 1 saturated heterocycles. The largest absolute Gasteiger partial charge is 0.481 e. The van der Waals surface area contributed by atoms with E-state index >= 15 is 0 Å². The topological polar surface area (TPSA) is 124 Å². The molecule has 2 aliphatic rings. The summed E-state index contributed by atoms with van der Waals surface area (Å²) >= 11 is 0.414. The van der Waals surface area contributed by atoms with Gasteiger partial charge in [-0.3, -0.25) is 24.1 Å². The molecule has 10 heteroatoms. The summed E-state index contributed by atoms with van der Waals surface area (Å²) in [7, 11) is 0. The Hall–Kier alpha value is -2.46. The SMILES string of the molecule is O=C(O)CCN1C(=O)SC(C2(O)C(=O)Nc3ccc(F)cc32)C1=O. The summed E-state index contributed by atoms with van der Waals surface area (Å²) in [4.78, 5) is 47.9. The van der Waals surface area contributed by atoms with Gasteiger partial charge in [-0.05, 0) is 30.0 Å². The lowest BCUT2D eigenvalue weighted by atomic mass is 9.90. The van der Waals surface area contributed by atoms with Gasteiger partial charge in [0.25, 0.3) is 11.1 Å². The van der Waals surface area contributed by atoms with Crippen LogP contribution in [0.2, 0.25) is 0 Å². The summed E-state index contributed by atoms with van der Waals surface area (Å²) in [5, 5.41) is 19.5. The van der Waals surface area contributed by atoms with Crippen LogP contribution in [-0.2, 0) is 20.0 Å².